The largest absolute Gasteiger partial charge is 0.507 e. The number of likely N-dealkylation sites (tertiary alicyclic amines) is 1. The highest BCUT2D eigenvalue weighted by molar-refractivity contribution is 6.46. The maximum absolute atomic E-state index is 13.1. The molecule has 1 atom stereocenters. The van der Waals surface area contributed by atoms with Gasteiger partial charge in [0.15, 0.2) is 12.4 Å². The third kappa shape index (κ3) is 4.77. The van der Waals surface area contributed by atoms with Crippen molar-refractivity contribution in [1.29, 1.82) is 0 Å². The zero-order valence-electron chi connectivity index (χ0n) is 19.1. The number of aryl methyl sites for hydroxylation is 1. The van der Waals surface area contributed by atoms with Gasteiger partial charge in [0.05, 0.1) is 38.5 Å². The first-order valence-electron chi connectivity index (χ1n) is 11.3. The molecule has 8 heteroatoms. The number of amides is 1. The molecule has 2 fully saturated rings. The number of hydrogen-bond donors (Lipinski definition) is 2. The lowest BCUT2D eigenvalue weighted by Gasteiger charge is -2.27. The van der Waals surface area contributed by atoms with E-state index in [9.17, 15) is 14.7 Å². The van der Waals surface area contributed by atoms with Crippen LogP contribution >= 0.6 is 0 Å². The van der Waals surface area contributed by atoms with Crippen molar-refractivity contribution in [2.24, 2.45) is 0 Å². The number of aromatic amines is 1. The number of H-pyrrole nitrogens is 1. The molecule has 2 aromatic rings. The summed E-state index contributed by atoms with van der Waals surface area (Å²) >= 11 is 0. The third-order valence-electron chi connectivity index (χ3n) is 6.40. The van der Waals surface area contributed by atoms with Crippen LogP contribution in [-0.4, -0.2) is 68.2 Å². The average Bonchev–Trinajstić information content (AvgIpc) is 3.10. The van der Waals surface area contributed by atoms with Crippen LogP contribution in [0.5, 0.6) is 5.75 Å². The van der Waals surface area contributed by atoms with Crippen molar-refractivity contribution in [1.82, 2.24) is 4.90 Å². The summed E-state index contributed by atoms with van der Waals surface area (Å²) in [5.74, 6) is -0.739. The molecule has 0 saturated carbocycles. The number of aliphatic hydroxyl groups excluding tert-OH is 1. The number of quaternary nitrogens is 1. The predicted octanol–water partition coefficient (Wildman–Crippen LogP) is 0.545. The number of Topliss-reactive ketones (excluding diaryl/α,β-unsaturated/α-hetero) is 1. The van der Waals surface area contributed by atoms with Crippen molar-refractivity contribution in [2.75, 3.05) is 46.5 Å². The van der Waals surface area contributed by atoms with Gasteiger partial charge in [0.25, 0.3) is 11.7 Å². The number of pyridine rings is 1. The molecule has 8 nitrogen and oxygen atoms in total. The monoisotopic (exact) mass is 453 g/mol. The topological polar surface area (TPSA) is 94.7 Å². The molecular formula is C25H31N3O5+2. The summed E-state index contributed by atoms with van der Waals surface area (Å²) in [5.41, 5.74) is 2.14. The van der Waals surface area contributed by atoms with Crippen LogP contribution in [0.2, 0.25) is 0 Å². The quantitative estimate of drug-likeness (QED) is 0.363. The Balaban J connectivity index is 1.67. The van der Waals surface area contributed by atoms with Gasteiger partial charge in [-0.1, -0.05) is 0 Å². The van der Waals surface area contributed by atoms with Gasteiger partial charge in [-0.15, -0.1) is 0 Å². The number of nitrogens with zero attached hydrogens (tertiary/aromatic N) is 1. The lowest BCUT2D eigenvalue weighted by molar-refractivity contribution is -0.908. The number of methoxy groups -OCH3 is 1. The third-order valence-corrected chi connectivity index (χ3v) is 6.40. The molecule has 2 aliphatic rings. The average molecular weight is 454 g/mol. The molecule has 0 spiro atoms. The van der Waals surface area contributed by atoms with Crippen molar-refractivity contribution in [3.63, 3.8) is 0 Å². The van der Waals surface area contributed by atoms with Crippen LogP contribution < -0.4 is 14.6 Å². The SMILES string of the molecule is COc1ccc(C(O)=C2C(=O)C(=O)N(CCC[NH+]3CCOCC3)C2c2ccc[nH+]c2)c(C)c1. The maximum Gasteiger partial charge on any atom is 0.295 e. The second-order valence-corrected chi connectivity index (χ2v) is 8.48. The smallest absolute Gasteiger partial charge is 0.295 e. The van der Waals surface area contributed by atoms with Gasteiger partial charge in [-0.2, -0.15) is 0 Å². The summed E-state index contributed by atoms with van der Waals surface area (Å²) in [6.07, 6.45) is 4.30. The molecule has 0 bridgehead atoms. The van der Waals surface area contributed by atoms with E-state index in [1.54, 1.807) is 42.6 Å². The maximum atomic E-state index is 13.1. The van der Waals surface area contributed by atoms with E-state index in [1.807, 2.05) is 19.1 Å². The zero-order chi connectivity index (χ0) is 23.4. The fourth-order valence-corrected chi connectivity index (χ4v) is 4.62. The van der Waals surface area contributed by atoms with Gasteiger partial charge in [0.1, 0.15) is 24.6 Å². The number of nitrogens with one attached hydrogen (secondary N) is 2. The molecule has 1 aromatic carbocycles. The second kappa shape index (κ2) is 10.1. The number of ether oxygens (including phenoxy) is 2. The molecule has 0 radical (unpaired) electrons. The highest BCUT2D eigenvalue weighted by Crippen LogP contribution is 2.39. The van der Waals surface area contributed by atoms with Crippen LogP contribution in [0.25, 0.3) is 5.76 Å². The molecule has 2 saturated heterocycles. The Hall–Kier alpha value is -3.23. The molecule has 174 valence electrons. The Morgan fingerprint density at radius 2 is 2.06 bits per heavy atom. The van der Waals surface area contributed by atoms with Crippen molar-refractivity contribution in [2.45, 2.75) is 19.4 Å². The van der Waals surface area contributed by atoms with Crippen molar-refractivity contribution < 1.29 is 34.1 Å². The number of carbonyl (C=O) groups excluding carboxylic acids is 2. The minimum absolute atomic E-state index is 0.117. The summed E-state index contributed by atoms with van der Waals surface area (Å²) in [5, 5.41) is 11.2. The zero-order valence-corrected chi connectivity index (χ0v) is 19.1. The summed E-state index contributed by atoms with van der Waals surface area (Å²) in [6, 6.07) is 8.28. The lowest BCUT2D eigenvalue weighted by Crippen LogP contribution is -3.14. The number of hydrogen-bond acceptors (Lipinski definition) is 5. The van der Waals surface area contributed by atoms with Gasteiger partial charge < -0.3 is 24.4 Å². The molecule has 3 N–H and O–H groups in total. The van der Waals surface area contributed by atoms with Crippen LogP contribution in [0.15, 0.2) is 48.3 Å². The van der Waals surface area contributed by atoms with Crippen molar-refractivity contribution >= 4 is 17.4 Å². The fourth-order valence-electron chi connectivity index (χ4n) is 4.62. The van der Waals surface area contributed by atoms with E-state index in [-0.39, 0.29) is 11.3 Å². The molecule has 33 heavy (non-hydrogen) atoms. The van der Waals surface area contributed by atoms with E-state index in [0.29, 0.717) is 17.9 Å². The number of morpholine rings is 1. The van der Waals surface area contributed by atoms with Crippen LogP contribution in [-0.2, 0) is 14.3 Å². The summed E-state index contributed by atoms with van der Waals surface area (Å²) in [6.45, 7) is 6.58. The van der Waals surface area contributed by atoms with E-state index in [0.717, 1.165) is 50.4 Å². The Kier molecular flexibility index (Phi) is 7.05. The van der Waals surface area contributed by atoms with Gasteiger partial charge >= 0.3 is 0 Å². The lowest BCUT2D eigenvalue weighted by atomic mass is 9.94. The van der Waals surface area contributed by atoms with E-state index in [1.165, 1.54) is 4.90 Å². The molecule has 3 heterocycles. The summed E-state index contributed by atoms with van der Waals surface area (Å²) < 4.78 is 10.7. The molecule has 1 aromatic heterocycles. The molecule has 1 unspecified atom stereocenters. The number of ketones is 1. The minimum Gasteiger partial charge on any atom is -0.507 e. The predicted molar refractivity (Wildman–Crippen MR) is 121 cm³/mol. The summed E-state index contributed by atoms with van der Waals surface area (Å²) in [7, 11) is 1.57. The van der Waals surface area contributed by atoms with Crippen LogP contribution in [0.3, 0.4) is 0 Å². The standard InChI is InChI=1S/C25H29N3O5/c1-17-15-19(32-2)6-7-20(17)23(29)21-22(18-5-3-8-26-16-18)28(25(31)24(21)30)10-4-9-27-11-13-33-14-12-27/h3,5-8,15-16,22,29H,4,9-14H2,1-2H3/p+2. The Labute approximate surface area is 193 Å². The van der Waals surface area contributed by atoms with Crippen LogP contribution in [0.4, 0.5) is 0 Å². The van der Waals surface area contributed by atoms with Crippen LogP contribution in [0.1, 0.15) is 29.2 Å². The number of carbonyl (C=O) groups is 2. The first kappa shape index (κ1) is 22.9. The number of rotatable bonds is 7. The van der Waals surface area contributed by atoms with E-state index in [4.69, 9.17) is 9.47 Å². The minimum atomic E-state index is -0.657. The Morgan fingerprint density at radius 3 is 2.73 bits per heavy atom. The van der Waals surface area contributed by atoms with E-state index >= 15 is 0 Å². The van der Waals surface area contributed by atoms with Gasteiger partial charge in [-0.3, -0.25) is 9.59 Å². The highest BCUT2D eigenvalue weighted by Gasteiger charge is 2.46. The van der Waals surface area contributed by atoms with Gasteiger partial charge in [0.2, 0.25) is 0 Å². The van der Waals surface area contributed by atoms with Gasteiger partial charge in [-0.05, 0) is 36.8 Å². The van der Waals surface area contributed by atoms with E-state index < -0.39 is 17.7 Å². The number of aliphatic hydroxyl groups is 1. The second-order valence-electron chi connectivity index (χ2n) is 8.48. The first-order valence-corrected chi connectivity index (χ1v) is 11.3. The van der Waals surface area contributed by atoms with Crippen molar-refractivity contribution in [3.05, 3.63) is 65.0 Å². The van der Waals surface area contributed by atoms with Gasteiger partial charge in [-0.25, -0.2) is 4.98 Å². The van der Waals surface area contributed by atoms with E-state index in [2.05, 4.69) is 4.98 Å². The molecular weight excluding hydrogens is 422 g/mol. The van der Waals surface area contributed by atoms with Crippen LogP contribution in [0, 0.1) is 6.92 Å². The Morgan fingerprint density at radius 1 is 1.27 bits per heavy atom. The first-order chi connectivity index (χ1) is 16.0. The molecule has 2 aliphatic heterocycles. The number of benzene rings is 1. The molecule has 1 amide bonds. The van der Waals surface area contributed by atoms with Gasteiger partial charge in [0, 0.05) is 30.2 Å². The molecule has 4 rings (SSSR count). The molecule has 0 aliphatic carbocycles. The fraction of sp³-hybridized carbons (Fsp3) is 0.400. The highest BCUT2D eigenvalue weighted by atomic mass is 16.5. The summed E-state index contributed by atoms with van der Waals surface area (Å²) in [4.78, 5) is 32.3. The normalized spacial score (nSPS) is 20.9. The number of aromatic nitrogens is 1. The van der Waals surface area contributed by atoms with Crippen molar-refractivity contribution in [3.8, 4) is 5.75 Å². The Bertz CT molecular complexity index is 1050.